The molecule has 2 aromatic carbocycles. The van der Waals surface area contributed by atoms with E-state index in [0.717, 1.165) is 10.6 Å². The molecule has 0 radical (unpaired) electrons. The number of aliphatic carboxylic acids is 1. The van der Waals surface area contributed by atoms with Gasteiger partial charge in [-0.15, -0.1) is 0 Å². The molecule has 0 bridgehead atoms. The Hall–Kier alpha value is -2.03. The third kappa shape index (κ3) is 3.65. The van der Waals surface area contributed by atoms with Gasteiger partial charge in [-0.25, -0.2) is 8.42 Å². The number of hydrogen-bond donors (Lipinski definition) is 2. The first kappa shape index (κ1) is 17.8. The minimum atomic E-state index is -3.96. The van der Waals surface area contributed by atoms with Gasteiger partial charge in [0.15, 0.2) is 0 Å². The SMILES string of the molecule is CC(C)[C@H](NS(=O)(=O)c1ccc2c(c1)Sc1ccccc1O2)C(=O)O. The van der Waals surface area contributed by atoms with Gasteiger partial charge >= 0.3 is 5.97 Å². The van der Waals surface area contributed by atoms with Crippen molar-refractivity contribution in [1.82, 2.24) is 4.72 Å². The normalized spacial score (nSPS) is 14.4. The first-order chi connectivity index (χ1) is 11.8. The van der Waals surface area contributed by atoms with Gasteiger partial charge in [0.05, 0.1) is 14.7 Å². The number of carboxylic acid groups (broad SMARTS) is 1. The van der Waals surface area contributed by atoms with Crippen LogP contribution in [-0.2, 0) is 14.8 Å². The largest absolute Gasteiger partial charge is 0.480 e. The maximum Gasteiger partial charge on any atom is 0.322 e. The molecule has 25 heavy (non-hydrogen) atoms. The van der Waals surface area contributed by atoms with Gasteiger partial charge in [0, 0.05) is 0 Å². The fourth-order valence-corrected chi connectivity index (χ4v) is 4.81. The summed E-state index contributed by atoms with van der Waals surface area (Å²) in [4.78, 5) is 12.8. The predicted octanol–water partition coefficient (Wildman–Crippen LogP) is 3.33. The van der Waals surface area contributed by atoms with Crippen molar-refractivity contribution >= 4 is 27.8 Å². The molecule has 1 heterocycles. The zero-order valence-electron chi connectivity index (χ0n) is 13.6. The Kier molecular flexibility index (Phi) is 4.77. The van der Waals surface area contributed by atoms with Gasteiger partial charge in [0.25, 0.3) is 0 Å². The number of sulfonamides is 1. The molecule has 0 saturated carbocycles. The lowest BCUT2D eigenvalue weighted by Gasteiger charge is -2.21. The summed E-state index contributed by atoms with van der Waals surface area (Å²) in [6, 6.07) is 10.8. The summed E-state index contributed by atoms with van der Waals surface area (Å²) in [6.45, 7) is 3.30. The fourth-order valence-electron chi connectivity index (χ4n) is 2.38. The highest BCUT2D eigenvalue weighted by molar-refractivity contribution is 7.99. The van der Waals surface area contributed by atoms with E-state index in [9.17, 15) is 18.3 Å². The van der Waals surface area contributed by atoms with Crippen LogP contribution in [0, 0.1) is 5.92 Å². The molecule has 1 atom stereocenters. The van der Waals surface area contributed by atoms with Crippen LogP contribution < -0.4 is 9.46 Å². The lowest BCUT2D eigenvalue weighted by atomic mass is 10.1. The van der Waals surface area contributed by atoms with E-state index in [2.05, 4.69) is 4.72 Å². The summed E-state index contributed by atoms with van der Waals surface area (Å²) in [5.74, 6) is -0.293. The highest BCUT2D eigenvalue weighted by Gasteiger charge is 2.29. The number of carboxylic acids is 1. The molecule has 8 heteroatoms. The maximum absolute atomic E-state index is 12.6. The highest BCUT2D eigenvalue weighted by atomic mass is 32.2. The van der Waals surface area contributed by atoms with Gasteiger partial charge in [-0.3, -0.25) is 4.79 Å². The molecule has 0 fully saturated rings. The lowest BCUT2D eigenvalue weighted by molar-refractivity contribution is -0.140. The highest BCUT2D eigenvalue weighted by Crippen LogP contribution is 2.47. The molecular weight excluding hydrogens is 362 g/mol. The minimum Gasteiger partial charge on any atom is -0.480 e. The molecule has 0 unspecified atom stereocenters. The van der Waals surface area contributed by atoms with Gasteiger partial charge < -0.3 is 9.84 Å². The average Bonchev–Trinajstić information content (AvgIpc) is 2.56. The maximum atomic E-state index is 12.6. The molecule has 2 aromatic rings. The van der Waals surface area contributed by atoms with Crippen LogP contribution in [0.4, 0.5) is 0 Å². The zero-order valence-corrected chi connectivity index (χ0v) is 15.2. The van der Waals surface area contributed by atoms with Gasteiger partial charge in [0.2, 0.25) is 10.0 Å². The third-order valence-electron chi connectivity index (χ3n) is 3.73. The first-order valence-corrected chi connectivity index (χ1v) is 9.92. The molecule has 132 valence electrons. The second kappa shape index (κ2) is 6.70. The van der Waals surface area contributed by atoms with Crippen molar-refractivity contribution in [3.05, 3.63) is 42.5 Å². The molecule has 2 N–H and O–H groups in total. The van der Waals surface area contributed by atoms with Crippen LogP contribution in [0.15, 0.2) is 57.2 Å². The Balaban J connectivity index is 1.91. The van der Waals surface area contributed by atoms with Crippen LogP contribution in [-0.4, -0.2) is 25.5 Å². The van der Waals surface area contributed by atoms with Crippen LogP contribution in [0.1, 0.15) is 13.8 Å². The van der Waals surface area contributed by atoms with E-state index in [1.807, 2.05) is 24.3 Å². The first-order valence-electron chi connectivity index (χ1n) is 7.62. The van der Waals surface area contributed by atoms with Gasteiger partial charge in [-0.05, 0) is 36.2 Å². The van der Waals surface area contributed by atoms with E-state index in [0.29, 0.717) is 10.6 Å². The lowest BCUT2D eigenvalue weighted by Crippen LogP contribution is -2.44. The standard InChI is InChI=1S/C17H17NO5S2/c1-10(2)16(17(19)20)18-25(21,22)11-7-8-13-15(9-11)24-14-6-4-3-5-12(14)23-13/h3-10,16,18H,1-2H3,(H,19,20)/t16-/m0/s1. The Morgan fingerprint density at radius 3 is 2.48 bits per heavy atom. The minimum absolute atomic E-state index is 0.00799. The van der Waals surface area contributed by atoms with Gasteiger partial charge in [0.1, 0.15) is 17.5 Å². The average molecular weight is 379 g/mol. The van der Waals surface area contributed by atoms with Crippen molar-refractivity contribution in [1.29, 1.82) is 0 Å². The number of rotatable bonds is 5. The van der Waals surface area contributed by atoms with Crippen LogP contribution in [0.5, 0.6) is 11.5 Å². The quantitative estimate of drug-likeness (QED) is 0.706. The van der Waals surface area contributed by atoms with E-state index in [-0.39, 0.29) is 10.8 Å². The topological polar surface area (TPSA) is 92.7 Å². The fraction of sp³-hybridized carbons (Fsp3) is 0.235. The Labute approximate surface area is 150 Å². The molecule has 0 aliphatic carbocycles. The van der Waals surface area contributed by atoms with E-state index in [1.165, 1.54) is 23.9 Å². The van der Waals surface area contributed by atoms with Crippen molar-refractivity contribution in [3.8, 4) is 11.5 Å². The molecule has 1 aliphatic heterocycles. The van der Waals surface area contributed by atoms with Crippen LogP contribution >= 0.6 is 11.8 Å². The van der Waals surface area contributed by atoms with E-state index < -0.39 is 22.0 Å². The Morgan fingerprint density at radius 2 is 1.80 bits per heavy atom. The number of ether oxygens (including phenoxy) is 1. The summed E-state index contributed by atoms with van der Waals surface area (Å²) < 4.78 is 33.1. The molecule has 0 spiro atoms. The van der Waals surface area contributed by atoms with Crippen LogP contribution in [0.2, 0.25) is 0 Å². The summed E-state index contributed by atoms with van der Waals surface area (Å²) in [7, 11) is -3.96. The number of hydrogen-bond acceptors (Lipinski definition) is 5. The van der Waals surface area contributed by atoms with Crippen LogP contribution in [0.25, 0.3) is 0 Å². The monoisotopic (exact) mass is 379 g/mol. The van der Waals surface area contributed by atoms with E-state index in [1.54, 1.807) is 19.9 Å². The predicted molar refractivity (Wildman–Crippen MR) is 93.7 cm³/mol. The smallest absolute Gasteiger partial charge is 0.322 e. The second-order valence-corrected chi connectivity index (χ2v) is 8.74. The molecule has 0 amide bonds. The van der Waals surface area contributed by atoms with E-state index >= 15 is 0 Å². The molecule has 6 nitrogen and oxygen atoms in total. The van der Waals surface area contributed by atoms with Crippen molar-refractivity contribution in [2.75, 3.05) is 0 Å². The van der Waals surface area contributed by atoms with E-state index in [4.69, 9.17) is 4.74 Å². The van der Waals surface area contributed by atoms with Gasteiger partial charge in [-0.1, -0.05) is 37.7 Å². The van der Waals surface area contributed by atoms with Crippen LogP contribution in [0.3, 0.4) is 0 Å². The molecular formula is C17H17NO5S2. The number of benzene rings is 2. The molecule has 0 aromatic heterocycles. The number of carbonyl (C=O) groups is 1. The van der Waals surface area contributed by atoms with Crippen molar-refractivity contribution in [3.63, 3.8) is 0 Å². The number of para-hydroxylation sites is 1. The van der Waals surface area contributed by atoms with Crippen molar-refractivity contribution in [2.24, 2.45) is 5.92 Å². The molecule has 0 saturated heterocycles. The number of fused-ring (bicyclic) bond motifs is 2. The van der Waals surface area contributed by atoms with Gasteiger partial charge in [-0.2, -0.15) is 4.72 Å². The second-order valence-electron chi connectivity index (χ2n) is 5.94. The van der Waals surface area contributed by atoms with Crippen molar-refractivity contribution in [2.45, 2.75) is 34.6 Å². The third-order valence-corrected chi connectivity index (χ3v) is 6.26. The summed E-state index contributed by atoms with van der Waals surface area (Å²) in [5.41, 5.74) is 0. The summed E-state index contributed by atoms with van der Waals surface area (Å²) in [5, 5.41) is 9.20. The van der Waals surface area contributed by atoms with Crippen molar-refractivity contribution < 1.29 is 23.1 Å². The Bertz CT molecular complexity index is 924. The number of nitrogens with one attached hydrogen (secondary N) is 1. The molecule has 1 aliphatic rings. The summed E-state index contributed by atoms with van der Waals surface area (Å²) in [6.07, 6.45) is 0. The Morgan fingerprint density at radius 1 is 1.12 bits per heavy atom. The summed E-state index contributed by atoms with van der Waals surface area (Å²) >= 11 is 1.41. The zero-order chi connectivity index (χ0) is 18.2. The molecule has 3 rings (SSSR count).